The van der Waals surface area contributed by atoms with E-state index in [-0.39, 0.29) is 0 Å². The van der Waals surface area contributed by atoms with Gasteiger partial charge in [0, 0.05) is 12.0 Å². The molecule has 0 amide bonds. The van der Waals surface area contributed by atoms with E-state index in [0.29, 0.717) is 22.8 Å². The monoisotopic (exact) mass is 232 g/mol. The number of rotatable bonds is 4. The number of hydrogen-bond acceptors (Lipinski definition) is 5. The van der Waals surface area contributed by atoms with Crippen LogP contribution in [0.2, 0.25) is 0 Å². The normalized spacial score (nSPS) is 10.5. The van der Waals surface area contributed by atoms with Gasteiger partial charge in [-0.3, -0.25) is 0 Å². The van der Waals surface area contributed by atoms with Crippen molar-refractivity contribution in [3.05, 3.63) is 30.2 Å². The van der Waals surface area contributed by atoms with E-state index in [4.69, 9.17) is 14.5 Å². The Hall–Kier alpha value is -1.66. The lowest BCUT2D eigenvalue weighted by Gasteiger charge is -2.00. The van der Waals surface area contributed by atoms with Gasteiger partial charge in [0.05, 0.1) is 0 Å². The highest BCUT2D eigenvalue weighted by molar-refractivity contribution is 6.58. The molecule has 5 nitrogen and oxygen atoms in total. The average molecular weight is 232 g/mol. The molecule has 0 saturated carbocycles. The molecule has 0 aliphatic carbocycles. The molecule has 0 bridgehead atoms. The van der Waals surface area contributed by atoms with Gasteiger partial charge >= 0.3 is 7.12 Å². The summed E-state index contributed by atoms with van der Waals surface area (Å²) >= 11 is 0. The minimum Gasteiger partial charge on any atom is -0.423 e. The zero-order chi connectivity index (χ0) is 12.3. The van der Waals surface area contributed by atoms with E-state index >= 15 is 0 Å². The van der Waals surface area contributed by atoms with Gasteiger partial charge in [-0.25, -0.2) is 0 Å². The van der Waals surface area contributed by atoms with Crippen LogP contribution in [-0.4, -0.2) is 27.4 Å². The third-order valence-corrected chi connectivity index (χ3v) is 2.36. The minimum absolute atomic E-state index is 0.399. The van der Waals surface area contributed by atoms with Crippen molar-refractivity contribution >= 4 is 12.6 Å². The molecule has 0 radical (unpaired) electrons. The van der Waals surface area contributed by atoms with Crippen molar-refractivity contribution in [3.8, 4) is 11.5 Å². The van der Waals surface area contributed by atoms with Gasteiger partial charge in [-0.2, -0.15) is 0 Å². The SMILES string of the molecule is CCCc1nnc(-c2cccc(B(O)O)c2)o1. The number of hydrogen-bond donors (Lipinski definition) is 2. The van der Waals surface area contributed by atoms with Crippen LogP contribution in [0.4, 0.5) is 0 Å². The van der Waals surface area contributed by atoms with Crippen LogP contribution in [0, 0.1) is 0 Å². The Morgan fingerprint density at radius 3 is 2.82 bits per heavy atom. The molecule has 2 aromatic rings. The highest BCUT2D eigenvalue weighted by atomic mass is 16.4. The van der Waals surface area contributed by atoms with Gasteiger partial charge in [0.25, 0.3) is 0 Å². The Morgan fingerprint density at radius 2 is 2.12 bits per heavy atom. The molecule has 2 N–H and O–H groups in total. The summed E-state index contributed by atoms with van der Waals surface area (Å²) in [4.78, 5) is 0. The summed E-state index contributed by atoms with van der Waals surface area (Å²) in [6.45, 7) is 2.03. The van der Waals surface area contributed by atoms with Gasteiger partial charge in [0.2, 0.25) is 11.8 Å². The van der Waals surface area contributed by atoms with Gasteiger partial charge in [0.1, 0.15) is 0 Å². The molecule has 1 aromatic carbocycles. The Morgan fingerprint density at radius 1 is 1.29 bits per heavy atom. The highest BCUT2D eigenvalue weighted by Crippen LogP contribution is 2.16. The lowest BCUT2D eigenvalue weighted by atomic mass is 9.80. The van der Waals surface area contributed by atoms with Gasteiger partial charge in [0.15, 0.2) is 0 Å². The maximum absolute atomic E-state index is 9.07. The van der Waals surface area contributed by atoms with Crippen molar-refractivity contribution in [1.82, 2.24) is 10.2 Å². The zero-order valence-electron chi connectivity index (χ0n) is 9.50. The van der Waals surface area contributed by atoms with Crippen molar-refractivity contribution < 1.29 is 14.5 Å². The van der Waals surface area contributed by atoms with Gasteiger partial charge in [-0.15, -0.1) is 10.2 Å². The summed E-state index contributed by atoms with van der Waals surface area (Å²) in [5, 5.41) is 26.0. The van der Waals surface area contributed by atoms with Crippen LogP contribution in [0.15, 0.2) is 28.7 Å². The van der Waals surface area contributed by atoms with Gasteiger partial charge in [-0.05, 0) is 24.0 Å². The molecule has 0 aliphatic rings. The second kappa shape index (κ2) is 5.12. The summed E-state index contributed by atoms with van der Waals surface area (Å²) in [6.07, 6.45) is 1.69. The molecule has 0 saturated heterocycles. The molecule has 1 heterocycles. The first-order valence-electron chi connectivity index (χ1n) is 5.49. The Balaban J connectivity index is 2.28. The van der Waals surface area contributed by atoms with Crippen LogP contribution in [0.1, 0.15) is 19.2 Å². The van der Waals surface area contributed by atoms with E-state index in [2.05, 4.69) is 10.2 Å². The molecule has 88 valence electrons. The minimum atomic E-state index is -1.49. The topological polar surface area (TPSA) is 79.4 Å². The average Bonchev–Trinajstić information content (AvgIpc) is 2.78. The highest BCUT2D eigenvalue weighted by Gasteiger charge is 2.13. The van der Waals surface area contributed by atoms with Crippen LogP contribution in [0.3, 0.4) is 0 Å². The summed E-state index contributed by atoms with van der Waals surface area (Å²) in [5.74, 6) is 0.994. The van der Waals surface area contributed by atoms with Crippen LogP contribution in [0.5, 0.6) is 0 Å². The van der Waals surface area contributed by atoms with E-state index in [0.717, 1.165) is 12.8 Å². The van der Waals surface area contributed by atoms with Crippen molar-refractivity contribution in [2.75, 3.05) is 0 Å². The number of aromatic nitrogens is 2. The first-order valence-corrected chi connectivity index (χ1v) is 5.49. The van der Waals surface area contributed by atoms with E-state index in [1.807, 2.05) is 6.92 Å². The van der Waals surface area contributed by atoms with E-state index in [9.17, 15) is 0 Å². The number of nitrogens with zero attached hydrogens (tertiary/aromatic N) is 2. The number of benzene rings is 1. The molecule has 1 aromatic heterocycles. The molecule has 2 rings (SSSR count). The maximum atomic E-state index is 9.07. The molecule has 0 aliphatic heterocycles. The summed E-state index contributed by atoms with van der Waals surface area (Å²) in [5.41, 5.74) is 1.09. The third kappa shape index (κ3) is 2.72. The lowest BCUT2D eigenvalue weighted by Crippen LogP contribution is -2.29. The number of aryl methyl sites for hydroxylation is 1. The van der Waals surface area contributed by atoms with Crippen molar-refractivity contribution in [2.24, 2.45) is 0 Å². The summed E-state index contributed by atoms with van der Waals surface area (Å²) < 4.78 is 5.46. The third-order valence-electron chi connectivity index (χ3n) is 2.36. The maximum Gasteiger partial charge on any atom is 0.488 e. The van der Waals surface area contributed by atoms with Gasteiger partial charge < -0.3 is 14.5 Å². The second-order valence-electron chi connectivity index (χ2n) is 3.75. The standard InChI is InChI=1S/C11H13BN2O3/c1-2-4-10-13-14-11(17-10)8-5-3-6-9(7-8)12(15)16/h3,5-7,15-16H,2,4H2,1H3. The second-order valence-corrected chi connectivity index (χ2v) is 3.75. The first-order chi connectivity index (χ1) is 8.20. The molecule has 0 atom stereocenters. The molecule has 0 unspecified atom stereocenters. The Kier molecular flexibility index (Phi) is 3.56. The van der Waals surface area contributed by atoms with Crippen molar-refractivity contribution in [3.63, 3.8) is 0 Å². The zero-order valence-corrected chi connectivity index (χ0v) is 9.50. The molecule has 0 fully saturated rings. The van der Waals surface area contributed by atoms with Crippen LogP contribution >= 0.6 is 0 Å². The van der Waals surface area contributed by atoms with Gasteiger partial charge in [-0.1, -0.05) is 19.1 Å². The first kappa shape index (κ1) is 11.8. The van der Waals surface area contributed by atoms with E-state index < -0.39 is 7.12 Å². The predicted octanol–water partition coefficient (Wildman–Crippen LogP) is 0.369. The smallest absolute Gasteiger partial charge is 0.423 e. The molecule has 0 spiro atoms. The molecular formula is C11H13BN2O3. The van der Waals surface area contributed by atoms with Crippen LogP contribution in [0.25, 0.3) is 11.5 Å². The molecular weight excluding hydrogens is 219 g/mol. The van der Waals surface area contributed by atoms with Crippen molar-refractivity contribution in [1.29, 1.82) is 0 Å². The fraction of sp³-hybridized carbons (Fsp3) is 0.273. The van der Waals surface area contributed by atoms with Crippen LogP contribution < -0.4 is 5.46 Å². The summed E-state index contributed by atoms with van der Waals surface area (Å²) in [6, 6.07) is 6.74. The fourth-order valence-corrected chi connectivity index (χ4v) is 1.52. The van der Waals surface area contributed by atoms with E-state index in [1.165, 1.54) is 0 Å². The molecule has 6 heteroatoms. The Labute approximate surface area is 99.3 Å². The van der Waals surface area contributed by atoms with Crippen LogP contribution in [-0.2, 0) is 6.42 Å². The predicted molar refractivity (Wildman–Crippen MR) is 63.6 cm³/mol. The van der Waals surface area contributed by atoms with Crippen molar-refractivity contribution in [2.45, 2.75) is 19.8 Å². The molecule has 17 heavy (non-hydrogen) atoms. The quantitative estimate of drug-likeness (QED) is 0.744. The largest absolute Gasteiger partial charge is 0.488 e. The fourth-order valence-electron chi connectivity index (χ4n) is 1.52. The summed E-state index contributed by atoms with van der Waals surface area (Å²) in [7, 11) is -1.49. The van der Waals surface area contributed by atoms with E-state index in [1.54, 1.807) is 24.3 Å². The lowest BCUT2D eigenvalue weighted by molar-refractivity contribution is 0.426. The Bertz CT molecular complexity index is 499.